The van der Waals surface area contributed by atoms with E-state index in [9.17, 15) is 0 Å². The highest BCUT2D eigenvalue weighted by Crippen LogP contribution is 2.28. The van der Waals surface area contributed by atoms with Crippen molar-refractivity contribution in [2.24, 2.45) is 5.92 Å². The lowest BCUT2D eigenvalue weighted by atomic mass is 9.89. The van der Waals surface area contributed by atoms with E-state index in [1.165, 1.54) is 32.1 Å². The van der Waals surface area contributed by atoms with Crippen LogP contribution in [0.15, 0.2) is 24.4 Å². The summed E-state index contributed by atoms with van der Waals surface area (Å²) in [5.74, 6) is 2.34. The van der Waals surface area contributed by atoms with Gasteiger partial charge >= 0.3 is 0 Å². The molecule has 0 aliphatic heterocycles. The topological polar surface area (TPSA) is 20.5 Å². The molecule has 0 atom stereocenters. The standard InChI is InChI=1S/C16H22ClN3/c1-19(12-13-7-3-2-4-8-13)16-14(11-17)20-10-6-5-9-15(20)18-16/h5-6,9-10,13H,2-4,7-8,11-12H2,1H3. The third-order valence-corrected chi connectivity index (χ3v) is 4.61. The van der Waals surface area contributed by atoms with Gasteiger partial charge in [-0.2, -0.15) is 0 Å². The molecule has 0 amide bonds. The molecule has 2 aromatic heterocycles. The van der Waals surface area contributed by atoms with Crippen molar-refractivity contribution in [2.75, 3.05) is 18.5 Å². The first-order valence-corrected chi connectivity index (χ1v) is 8.06. The lowest BCUT2D eigenvalue weighted by molar-refractivity contribution is 0.361. The zero-order valence-corrected chi connectivity index (χ0v) is 12.8. The number of alkyl halides is 1. The number of anilines is 1. The minimum absolute atomic E-state index is 0.496. The maximum absolute atomic E-state index is 6.15. The number of imidazole rings is 1. The summed E-state index contributed by atoms with van der Waals surface area (Å²) >= 11 is 6.15. The molecule has 0 bridgehead atoms. The molecule has 108 valence electrons. The Bertz CT molecular complexity index is 572. The van der Waals surface area contributed by atoms with Crippen LogP contribution >= 0.6 is 11.6 Å². The van der Waals surface area contributed by atoms with Gasteiger partial charge in [0.2, 0.25) is 0 Å². The third-order valence-electron chi connectivity index (χ3n) is 4.35. The summed E-state index contributed by atoms with van der Waals surface area (Å²) < 4.78 is 2.10. The van der Waals surface area contributed by atoms with Gasteiger partial charge in [0.05, 0.1) is 11.6 Å². The summed E-state index contributed by atoms with van der Waals surface area (Å²) in [7, 11) is 2.15. The number of halogens is 1. The summed E-state index contributed by atoms with van der Waals surface area (Å²) in [5.41, 5.74) is 2.08. The highest BCUT2D eigenvalue weighted by atomic mass is 35.5. The monoisotopic (exact) mass is 291 g/mol. The van der Waals surface area contributed by atoms with Crippen molar-refractivity contribution >= 4 is 23.1 Å². The first-order chi connectivity index (χ1) is 9.79. The molecule has 0 radical (unpaired) electrons. The van der Waals surface area contributed by atoms with E-state index < -0.39 is 0 Å². The van der Waals surface area contributed by atoms with Gasteiger partial charge in [0.1, 0.15) is 5.65 Å². The summed E-state index contributed by atoms with van der Waals surface area (Å²) in [6.45, 7) is 1.09. The fraction of sp³-hybridized carbons (Fsp3) is 0.562. The number of rotatable bonds is 4. The van der Waals surface area contributed by atoms with Gasteiger partial charge in [0, 0.05) is 19.8 Å². The highest BCUT2D eigenvalue weighted by Gasteiger charge is 2.19. The molecule has 3 nitrogen and oxygen atoms in total. The van der Waals surface area contributed by atoms with Gasteiger partial charge in [0.15, 0.2) is 5.82 Å². The van der Waals surface area contributed by atoms with Crippen LogP contribution in [0.3, 0.4) is 0 Å². The van der Waals surface area contributed by atoms with E-state index in [4.69, 9.17) is 16.6 Å². The summed E-state index contributed by atoms with van der Waals surface area (Å²) in [6.07, 6.45) is 8.92. The third kappa shape index (κ3) is 2.64. The van der Waals surface area contributed by atoms with Gasteiger partial charge in [-0.25, -0.2) is 4.98 Å². The number of hydrogen-bond acceptors (Lipinski definition) is 2. The van der Waals surface area contributed by atoms with Crippen LogP contribution in [0, 0.1) is 5.92 Å². The van der Waals surface area contributed by atoms with Gasteiger partial charge < -0.3 is 9.30 Å². The zero-order chi connectivity index (χ0) is 13.9. The smallest absolute Gasteiger partial charge is 0.152 e. The molecule has 1 saturated carbocycles. The summed E-state index contributed by atoms with van der Waals surface area (Å²) in [4.78, 5) is 7.05. The van der Waals surface area contributed by atoms with Crippen LogP contribution in [0.2, 0.25) is 0 Å². The van der Waals surface area contributed by atoms with Crippen molar-refractivity contribution in [2.45, 2.75) is 38.0 Å². The largest absolute Gasteiger partial charge is 0.358 e. The van der Waals surface area contributed by atoms with Crippen molar-refractivity contribution in [3.05, 3.63) is 30.1 Å². The zero-order valence-electron chi connectivity index (χ0n) is 12.1. The van der Waals surface area contributed by atoms with Crippen molar-refractivity contribution in [1.29, 1.82) is 0 Å². The number of nitrogens with zero attached hydrogens (tertiary/aromatic N) is 3. The predicted octanol–water partition coefficient (Wildman–Crippen LogP) is 4.09. The molecule has 0 saturated heterocycles. The predicted molar refractivity (Wildman–Crippen MR) is 84.6 cm³/mol. The molecular weight excluding hydrogens is 270 g/mol. The van der Waals surface area contributed by atoms with E-state index in [0.717, 1.165) is 29.6 Å². The maximum atomic E-state index is 6.15. The van der Waals surface area contributed by atoms with E-state index in [1.54, 1.807) is 0 Å². The van der Waals surface area contributed by atoms with Crippen LogP contribution in [0.5, 0.6) is 0 Å². The van der Waals surface area contributed by atoms with Gasteiger partial charge in [-0.3, -0.25) is 0 Å². The van der Waals surface area contributed by atoms with Gasteiger partial charge in [-0.05, 0) is 30.9 Å². The number of pyridine rings is 1. The normalized spacial score (nSPS) is 16.7. The molecule has 0 N–H and O–H groups in total. The van der Waals surface area contributed by atoms with Crippen LogP contribution in [-0.2, 0) is 5.88 Å². The van der Waals surface area contributed by atoms with E-state index in [2.05, 4.69) is 16.3 Å². The lowest BCUT2D eigenvalue weighted by Gasteiger charge is -2.27. The molecule has 0 unspecified atom stereocenters. The molecule has 3 rings (SSSR count). The van der Waals surface area contributed by atoms with Crippen LogP contribution in [0.25, 0.3) is 5.65 Å². The Kier molecular flexibility index (Phi) is 4.16. The van der Waals surface area contributed by atoms with Gasteiger partial charge in [0.25, 0.3) is 0 Å². The molecule has 1 aliphatic rings. The van der Waals surface area contributed by atoms with E-state index in [0.29, 0.717) is 5.88 Å². The molecule has 20 heavy (non-hydrogen) atoms. The molecule has 2 aromatic rings. The summed E-state index contributed by atoms with van der Waals surface area (Å²) in [5, 5.41) is 0. The Morgan fingerprint density at radius 2 is 2.10 bits per heavy atom. The molecule has 0 aromatic carbocycles. The average molecular weight is 292 g/mol. The lowest BCUT2D eigenvalue weighted by Crippen LogP contribution is -2.27. The van der Waals surface area contributed by atoms with E-state index in [-0.39, 0.29) is 0 Å². The van der Waals surface area contributed by atoms with Crippen LogP contribution in [0.1, 0.15) is 37.8 Å². The molecule has 2 heterocycles. The molecule has 0 spiro atoms. The maximum Gasteiger partial charge on any atom is 0.152 e. The first-order valence-electron chi connectivity index (χ1n) is 7.52. The van der Waals surface area contributed by atoms with Crippen molar-refractivity contribution in [1.82, 2.24) is 9.38 Å². The number of fused-ring (bicyclic) bond motifs is 1. The quantitative estimate of drug-likeness (QED) is 0.791. The van der Waals surface area contributed by atoms with Crippen LogP contribution < -0.4 is 4.90 Å². The number of aromatic nitrogens is 2. The van der Waals surface area contributed by atoms with Crippen molar-refractivity contribution in [3.63, 3.8) is 0 Å². The van der Waals surface area contributed by atoms with Gasteiger partial charge in [-0.1, -0.05) is 25.3 Å². The van der Waals surface area contributed by atoms with E-state index in [1.807, 2.05) is 24.4 Å². The molecule has 1 aliphatic carbocycles. The molecule has 4 heteroatoms. The second kappa shape index (κ2) is 6.04. The second-order valence-electron chi connectivity index (χ2n) is 5.83. The molecule has 1 fully saturated rings. The Labute approximate surface area is 125 Å². The van der Waals surface area contributed by atoms with Crippen molar-refractivity contribution < 1.29 is 0 Å². The summed E-state index contributed by atoms with van der Waals surface area (Å²) in [6, 6.07) is 6.08. The van der Waals surface area contributed by atoms with Crippen LogP contribution in [-0.4, -0.2) is 23.0 Å². The minimum Gasteiger partial charge on any atom is -0.358 e. The fourth-order valence-electron chi connectivity index (χ4n) is 3.31. The Hall–Kier alpha value is -1.22. The Morgan fingerprint density at radius 1 is 1.30 bits per heavy atom. The Morgan fingerprint density at radius 3 is 2.85 bits per heavy atom. The highest BCUT2D eigenvalue weighted by molar-refractivity contribution is 6.17. The van der Waals surface area contributed by atoms with Crippen molar-refractivity contribution in [3.8, 4) is 0 Å². The number of hydrogen-bond donors (Lipinski definition) is 0. The SMILES string of the molecule is CN(CC1CCCCC1)c1nc2ccccn2c1CCl. The average Bonchev–Trinajstić information content (AvgIpc) is 2.87. The Balaban J connectivity index is 1.84. The fourth-order valence-corrected chi connectivity index (χ4v) is 3.56. The first kappa shape index (κ1) is 13.7. The van der Waals surface area contributed by atoms with Crippen LogP contribution in [0.4, 0.5) is 5.82 Å². The minimum atomic E-state index is 0.496. The van der Waals surface area contributed by atoms with E-state index >= 15 is 0 Å². The molecular formula is C16H22ClN3. The van der Waals surface area contributed by atoms with Gasteiger partial charge in [-0.15, -0.1) is 11.6 Å². The second-order valence-corrected chi connectivity index (χ2v) is 6.10.